The Labute approximate surface area is 104 Å². The van der Waals surface area contributed by atoms with Gasteiger partial charge in [-0.2, -0.15) is 0 Å². The smallest absolute Gasteiger partial charge is 0.257 e. The Morgan fingerprint density at radius 1 is 1.50 bits per heavy atom. The largest absolute Gasteiger partial charge is 0.375 e. The van der Waals surface area contributed by atoms with Crippen molar-refractivity contribution in [1.82, 2.24) is 10.3 Å². The number of hydrogen-bond acceptors (Lipinski definition) is 3. The van der Waals surface area contributed by atoms with Crippen LogP contribution in [0.1, 0.15) is 5.56 Å². The number of sulfonamides is 1. The van der Waals surface area contributed by atoms with Crippen molar-refractivity contribution < 1.29 is 8.42 Å². The van der Waals surface area contributed by atoms with Gasteiger partial charge in [0.2, 0.25) is 0 Å². The Balaban J connectivity index is 3.03. The lowest BCUT2D eigenvalue weighted by atomic mass is 10.2. The first-order valence-corrected chi connectivity index (χ1v) is 6.43. The molecule has 0 aliphatic rings. The Morgan fingerprint density at radius 3 is 2.62 bits per heavy atom. The molecule has 1 rings (SSSR count). The number of aryl methyl sites for hydroxylation is 1. The topological polar surface area (TPSA) is 84.2 Å². The summed E-state index contributed by atoms with van der Waals surface area (Å²) >= 11 is 10.2. The van der Waals surface area contributed by atoms with E-state index in [1.54, 1.807) is 13.0 Å². The first-order chi connectivity index (χ1) is 7.33. The van der Waals surface area contributed by atoms with Crippen LogP contribution in [0.15, 0.2) is 23.1 Å². The number of hydrazine groups is 1. The lowest BCUT2D eigenvalue weighted by molar-refractivity contribution is 0.577. The number of nitrogens with one attached hydrogen (secondary N) is 2. The van der Waals surface area contributed by atoms with Crippen LogP contribution < -0.4 is 16.0 Å². The Kier molecular flexibility index (Phi) is 4.09. The van der Waals surface area contributed by atoms with E-state index in [1.165, 1.54) is 12.1 Å². The highest BCUT2D eigenvalue weighted by atomic mass is 35.5. The predicted molar refractivity (Wildman–Crippen MR) is 66.4 cm³/mol. The van der Waals surface area contributed by atoms with Gasteiger partial charge in [-0.1, -0.05) is 11.6 Å². The average molecular weight is 280 g/mol. The van der Waals surface area contributed by atoms with Crippen molar-refractivity contribution in [2.45, 2.75) is 11.8 Å². The zero-order chi connectivity index (χ0) is 12.3. The molecule has 0 saturated carbocycles. The molecule has 1 aromatic rings. The summed E-state index contributed by atoms with van der Waals surface area (Å²) in [4.78, 5) is 2.16. The molecule has 0 spiro atoms. The number of thiocarbonyl (C=S) groups is 1. The maximum Gasteiger partial charge on any atom is 0.257 e. The number of hydrogen-bond donors (Lipinski definition) is 3. The van der Waals surface area contributed by atoms with E-state index in [0.29, 0.717) is 10.6 Å². The number of rotatable bonds is 3. The monoisotopic (exact) mass is 279 g/mol. The molecular formula is C8H10ClN3O2S2. The Bertz CT molecular complexity index is 516. The second-order valence-electron chi connectivity index (χ2n) is 3.00. The van der Waals surface area contributed by atoms with Crippen LogP contribution in [0.5, 0.6) is 0 Å². The van der Waals surface area contributed by atoms with Gasteiger partial charge in [-0.15, -0.1) is 4.83 Å². The van der Waals surface area contributed by atoms with Crippen molar-refractivity contribution in [3.05, 3.63) is 28.8 Å². The third-order valence-corrected chi connectivity index (χ3v) is 3.48. The fourth-order valence-corrected chi connectivity index (χ4v) is 2.51. The van der Waals surface area contributed by atoms with E-state index in [9.17, 15) is 8.42 Å². The van der Waals surface area contributed by atoms with Crippen LogP contribution in [0.3, 0.4) is 0 Å². The first kappa shape index (κ1) is 13.2. The van der Waals surface area contributed by atoms with Gasteiger partial charge >= 0.3 is 0 Å². The van der Waals surface area contributed by atoms with Crippen molar-refractivity contribution in [1.29, 1.82) is 0 Å². The summed E-state index contributed by atoms with van der Waals surface area (Å²) in [6.45, 7) is 1.64. The van der Waals surface area contributed by atoms with Gasteiger partial charge in [0, 0.05) is 5.02 Å². The molecule has 8 heteroatoms. The second-order valence-corrected chi connectivity index (χ2v) is 5.53. The quantitative estimate of drug-likeness (QED) is 0.560. The summed E-state index contributed by atoms with van der Waals surface area (Å²) in [5.74, 6) is 0. The second kappa shape index (κ2) is 4.96. The molecule has 88 valence electrons. The van der Waals surface area contributed by atoms with E-state index in [0.717, 1.165) is 0 Å². The van der Waals surface area contributed by atoms with E-state index >= 15 is 0 Å². The summed E-state index contributed by atoms with van der Waals surface area (Å²) < 4.78 is 23.5. The minimum Gasteiger partial charge on any atom is -0.375 e. The summed E-state index contributed by atoms with van der Waals surface area (Å²) in [6.07, 6.45) is 0. The highest BCUT2D eigenvalue weighted by molar-refractivity contribution is 7.89. The molecule has 0 radical (unpaired) electrons. The standard InChI is InChI=1S/C8H10ClN3O2S2/c1-5-4-6(9)2-3-7(5)16(13,14)12-11-8(10)15/h2-4,12H,1H3,(H3,10,11,15). The van der Waals surface area contributed by atoms with Gasteiger partial charge < -0.3 is 5.73 Å². The molecule has 1 aromatic carbocycles. The highest BCUT2D eigenvalue weighted by Gasteiger charge is 2.16. The molecule has 0 aliphatic carbocycles. The fraction of sp³-hybridized carbons (Fsp3) is 0.125. The van der Waals surface area contributed by atoms with E-state index in [1.807, 2.05) is 4.83 Å². The van der Waals surface area contributed by atoms with Crippen LogP contribution in [-0.2, 0) is 10.0 Å². The molecule has 0 heterocycles. The molecule has 0 fully saturated rings. The zero-order valence-electron chi connectivity index (χ0n) is 8.32. The van der Waals surface area contributed by atoms with Crippen molar-refractivity contribution >= 4 is 39.0 Å². The summed E-state index contributed by atoms with van der Waals surface area (Å²) in [5.41, 5.74) is 7.81. The molecular weight excluding hydrogens is 270 g/mol. The average Bonchev–Trinajstić information content (AvgIpc) is 2.14. The normalized spacial score (nSPS) is 11.1. The molecule has 0 aromatic heterocycles. The van der Waals surface area contributed by atoms with Crippen molar-refractivity contribution in [3.63, 3.8) is 0 Å². The minimum atomic E-state index is -3.69. The third kappa shape index (κ3) is 3.31. The SMILES string of the molecule is Cc1cc(Cl)ccc1S(=O)(=O)NNC(N)=S. The van der Waals surface area contributed by atoms with Crippen LogP contribution in [0.4, 0.5) is 0 Å². The van der Waals surface area contributed by atoms with Crippen LogP contribution in [-0.4, -0.2) is 13.5 Å². The van der Waals surface area contributed by atoms with Crippen LogP contribution in [0.2, 0.25) is 5.02 Å². The predicted octanol–water partition coefficient (Wildman–Crippen LogP) is 0.675. The molecule has 0 aliphatic heterocycles. The molecule has 5 nitrogen and oxygen atoms in total. The summed E-state index contributed by atoms with van der Waals surface area (Å²) in [7, 11) is -3.69. The molecule has 0 atom stereocenters. The van der Waals surface area contributed by atoms with Gasteiger partial charge in [0.05, 0.1) is 4.90 Å². The Morgan fingerprint density at radius 2 is 2.12 bits per heavy atom. The van der Waals surface area contributed by atoms with E-state index in [-0.39, 0.29) is 10.0 Å². The van der Waals surface area contributed by atoms with Gasteiger partial charge in [0.25, 0.3) is 10.0 Å². The minimum absolute atomic E-state index is 0.112. The fourth-order valence-electron chi connectivity index (χ4n) is 1.09. The van der Waals surface area contributed by atoms with Crippen molar-refractivity contribution in [2.24, 2.45) is 5.73 Å². The van der Waals surface area contributed by atoms with E-state index in [2.05, 4.69) is 17.6 Å². The molecule has 16 heavy (non-hydrogen) atoms. The van der Waals surface area contributed by atoms with E-state index < -0.39 is 10.0 Å². The maximum absolute atomic E-state index is 11.7. The molecule has 4 N–H and O–H groups in total. The summed E-state index contributed by atoms with van der Waals surface area (Å²) in [5, 5.41) is 0.314. The highest BCUT2D eigenvalue weighted by Crippen LogP contribution is 2.18. The number of nitrogens with two attached hydrogens (primary N) is 1. The van der Waals surface area contributed by atoms with Gasteiger partial charge in [0.15, 0.2) is 5.11 Å². The van der Waals surface area contributed by atoms with Gasteiger partial charge in [0.1, 0.15) is 0 Å². The van der Waals surface area contributed by atoms with Crippen LogP contribution in [0, 0.1) is 6.92 Å². The Hall–Kier alpha value is -0.890. The lowest BCUT2D eigenvalue weighted by Gasteiger charge is -2.09. The molecule has 0 amide bonds. The van der Waals surface area contributed by atoms with Crippen molar-refractivity contribution in [2.75, 3.05) is 0 Å². The first-order valence-electron chi connectivity index (χ1n) is 4.16. The lowest BCUT2D eigenvalue weighted by Crippen LogP contribution is -2.44. The van der Waals surface area contributed by atoms with Gasteiger partial charge in [-0.3, -0.25) is 5.43 Å². The van der Waals surface area contributed by atoms with Crippen molar-refractivity contribution in [3.8, 4) is 0 Å². The number of halogens is 1. The van der Waals surface area contributed by atoms with E-state index in [4.69, 9.17) is 17.3 Å². The van der Waals surface area contributed by atoms with Crippen LogP contribution in [0.25, 0.3) is 0 Å². The number of benzene rings is 1. The van der Waals surface area contributed by atoms with Gasteiger partial charge in [-0.25, -0.2) is 8.42 Å². The maximum atomic E-state index is 11.7. The zero-order valence-corrected chi connectivity index (χ0v) is 10.7. The molecule has 0 bridgehead atoms. The summed E-state index contributed by atoms with van der Waals surface area (Å²) in [6, 6.07) is 4.45. The molecule has 0 saturated heterocycles. The van der Waals surface area contributed by atoms with Gasteiger partial charge in [-0.05, 0) is 42.9 Å². The van der Waals surface area contributed by atoms with Crippen LogP contribution >= 0.6 is 23.8 Å². The third-order valence-electron chi connectivity index (χ3n) is 1.74. The molecule has 0 unspecified atom stereocenters.